The summed E-state index contributed by atoms with van der Waals surface area (Å²) in [5, 5.41) is 0.980. The standard InChI is InChI=1S/C23H28N2O3/c1-6-28-20-12-11-17(13-21(20)27-5)14-25(4)16(3)23(26)22-15(2)24-19-10-8-7-9-18(19)22/h7-13,16,24H,6,14H2,1-5H3/t16-/m1/s1. The number of hydrogen-bond acceptors (Lipinski definition) is 4. The van der Waals surface area contributed by atoms with Crippen LogP contribution in [0.5, 0.6) is 11.5 Å². The summed E-state index contributed by atoms with van der Waals surface area (Å²) >= 11 is 0. The molecule has 1 N–H and O–H groups in total. The highest BCUT2D eigenvalue weighted by atomic mass is 16.5. The Balaban J connectivity index is 1.79. The maximum Gasteiger partial charge on any atom is 0.182 e. The van der Waals surface area contributed by atoms with Gasteiger partial charge in [0.05, 0.1) is 19.8 Å². The van der Waals surface area contributed by atoms with Gasteiger partial charge in [0.2, 0.25) is 0 Å². The molecule has 1 heterocycles. The van der Waals surface area contributed by atoms with Gasteiger partial charge in [0.15, 0.2) is 17.3 Å². The number of para-hydroxylation sites is 1. The third-order valence-corrected chi connectivity index (χ3v) is 5.14. The van der Waals surface area contributed by atoms with Crippen molar-refractivity contribution in [3.8, 4) is 11.5 Å². The van der Waals surface area contributed by atoms with E-state index in [1.165, 1.54) is 0 Å². The number of nitrogens with one attached hydrogen (secondary N) is 1. The molecule has 28 heavy (non-hydrogen) atoms. The smallest absolute Gasteiger partial charge is 0.182 e. The number of aromatic amines is 1. The van der Waals surface area contributed by atoms with Crippen molar-refractivity contribution in [1.82, 2.24) is 9.88 Å². The van der Waals surface area contributed by atoms with Crippen LogP contribution in [0, 0.1) is 6.92 Å². The summed E-state index contributed by atoms with van der Waals surface area (Å²) in [5.74, 6) is 1.56. The Morgan fingerprint density at radius 1 is 1.18 bits per heavy atom. The number of aryl methyl sites for hydroxylation is 1. The van der Waals surface area contributed by atoms with Crippen molar-refractivity contribution in [2.75, 3.05) is 20.8 Å². The van der Waals surface area contributed by atoms with Crippen molar-refractivity contribution >= 4 is 16.7 Å². The molecule has 5 heteroatoms. The largest absolute Gasteiger partial charge is 0.493 e. The zero-order valence-electron chi connectivity index (χ0n) is 17.2. The molecule has 0 fully saturated rings. The van der Waals surface area contributed by atoms with Gasteiger partial charge in [-0.25, -0.2) is 0 Å². The summed E-state index contributed by atoms with van der Waals surface area (Å²) in [7, 11) is 3.60. The highest BCUT2D eigenvalue weighted by molar-refractivity contribution is 6.11. The minimum absolute atomic E-state index is 0.121. The van der Waals surface area contributed by atoms with E-state index in [1.54, 1.807) is 7.11 Å². The van der Waals surface area contributed by atoms with Crippen LogP contribution < -0.4 is 9.47 Å². The first-order chi connectivity index (χ1) is 13.5. The second-order valence-electron chi connectivity index (χ2n) is 7.04. The number of ether oxygens (including phenoxy) is 2. The highest BCUT2D eigenvalue weighted by Crippen LogP contribution is 2.29. The van der Waals surface area contributed by atoms with Gasteiger partial charge in [0, 0.05) is 28.7 Å². The number of fused-ring (bicyclic) bond motifs is 1. The molecule has 2 aromatic carbocycles. The number of rotatable bonds is 8. The zero-order chi connectivity index (χ0) is 20.3. The minimum Gasteiger partial charge on any atom is -0.493 e. The van der Waals surface area contributed by atoms with Crippen LogP contribution in [-0.4, -0.2) is 42.5 Å². The predicted octanol–water partition coefficient (Wildman–Crippen LogP) is 4.59. The molecule has 0 aliphatic carbocycles. The molecule has 0 bridgehead atoms. The number of nitrogens with zero attached hydrogens (tertiary/aromatic N) is 1. The number of H-pyrrole nitrogens is 1. The molecular formula is C23H28N2O3. The van der Waals surface area contributed by atoms with Gasteiger partial charge in [-0.1, -0.05) is 24.3 Å². The van der Waals surface area contributed by atoms with Crippen molar-refractivity contribution in [3.05, 3.63) is 59.3 Å². The van der Waals surface area contributed by atoms with Crippen molar-refractivity contribution in [1.29, 1.82) is 0 Å². The number of aromatic nitrogens is 1. The summed E-state index contributed by atoms with van der Waals surface area (Å²) in [5.41, 5.74) is 3.75. The van der Waals surface area contributed by atoms with E-state index < -0.39 is 0 Å². The van der Waals surface area contributed by atoms with Crippen molar-refractivity contribution in [3.63, 3.8) is 0 Å². The Morgan fingerprint density at radius 3 is 2.64 bits per heavy atom. The van der Waals surface area contributed by atoms with Gasteiger partial charge in [0.25, 0.3) is 0 Å². The minimum atomic E-state index is -0.254. The van der Waals surface area contributed by atoms with Gasteiger partial charge in [-0.05, 0) is 51.6 Å². The van der Waals surface area contributed by atoms with Gasteiger partial charge in [-0.15, -0.1) is 0 Å². The molecule has 0 amide bonds. The van der Waals surface area contributed by atoms with Gasteiger partial charge in [-0.2, -0.15) is 0 Å². The number of methoxy groups -OCH3 is 1. The maximum atomic E-state index is 13.2. The molecule has 0 radical (unpaired) electrons. The predicted molar refractivity (Wildman–Crippen MR) is 112 cm³/mol. The quantitative estimate of drug-likeness (QED) is 0.581. The van der Waals surface area contributed by atoms with E-state index in [0.717, 1.165) is 33.5 Å². The SMILES string of the molecule is CCOc1ccc(CN(C)[C@H](C)C(=O)c2c(C)[nH]c3ccccc23)cc1OC. The lowest BCUT2D eigenvalue weighted by Gasteiger charge is -2.24. The lowest BCUT2D eigenvalue weighted by Crippen LogP contribution is -2.35. The first-order valence-electron chi connectivity index (χ1n) is 9.57. The van der Waals surface area contributed by atoms with Crippen LogP contribution in [0.1, 0.15) is 35.5 Å². The number of carbonyl (C=O) groups excluding carboxylic acids is 1. The van der Waals surface area contributed by atoms with E-state index in [-0.39, 0.29) is 11.8 Å². The van der Waals surface area contributed by atoms with Gasteiger partial charge in [-0.3, -0.25) is 9.69 Å². The lowest BCUT2D eigenvalue weighted by molar-refractivity contribution is 0.0863. The Bertz CT molecular complexity index is 977. The maximum absolute atomic E-state index is 13.2. The van der Waals surface area contributed by atoms with E-state index >= 15 is 0 Å². The number of likely N-dealkylation sites (N-methyl/N-ethyl adjacent to an activating group) is 1. The van der Waals surface area contributed by atoms with Gasteiger partial charge >= 0.3 is 0 Å². The Labute approximate surface area is 166 Å². The molecular weight excluding hydrogens is 352 g/mol. The summed E-state index contributed by atoms with van der Waals surface area (Å²) < 4.78 is 11.0. The fourth-order valence-corrected chi connectivity index (χ4v) is 3.51. The molecule has 1 aromatic heterocycles. The average molecular weight is 380 g/mol. The van der Waals surface area contributed by atoms with Gasteiger partial charge in [0.1, 0.15) is 0 Å². The van der Waals surface area contributed by atoms with Crippen LogP contribution in [0.3, 0.4) is 0 Å². The monoisotopic (exact) mass is 380 g/mol. The first-order valence-corrected chi connectivity index (χ1v) is 9.57. The molecule has 3 rings (SSSR count). The molecule has 5 nitrogen and oxygen atoms in total. The number of ketones is 1. The average Bonchev–Trinajstić information content (AvgIpc) is 3.03. The molecule has 0 saturated carbocycles. The molecule has 148 valence electrons. The number of benzene rings is 2. The topological polar surface area (TPSA) is 54.6 Å². The fourth-order valence-electron chi connectivity index (χ4n) is 3.51. The Kier molecular flexibility index (Phi) is 6.05. The van der Waals surface area contributed by atoms with Crippen molar-refractivity contribution in [2.45, 2.75) is 33.4 Å². The first kappa shape index (κ1) is 20.0. The van der Waals surface area contributed by atoms with Crippen LogP contribution in [0.25, 0.3) is 10.9 Å². The van der Waals surface area contributed by atoms with E-state index in [1.807, 2.05) is 70.3 Å². The summed E-state index contributed by atoms with van der Waals surface area (Å²) in [6, 6.07) is 13.6. The fraction of sp³-hybridized carbons (Fsp3) is 0.348. The highest BCUT2D eigenvalue weighted by Gasteiger charge is 2.24. The number of carbonyl (C=O) groups is 1. The van der Waals surface area contributed by atoms with E-state index in [9.17, 15) is 4.79 Å². The number of hydrogen-bond donors (Lipinski definition) is 1. The Morgan fingerprint density at radius 2 is 1.93 bits per heavy atom. The van der Waals surface area contributed by atoms with Crippen molar-refractivity contribution in [2.24, 2.45) is 0 Å². The second-order valence-corrected chi connectivity index (χ2v) is 7.04. The lowest BCUT2D eigenvalue weighted by atomic mass is 10.0. The van der Waals surface area contributed by atoms with E-state index in [0.29, 0.717) is 18.9 Å². The van der Waals surface area contributed by atoms with Gasteiger partial charge < -0.3 is 14.5 Å². The third kappa shape index (κ3) is 3.90. The molecule has 0 aliphatic rings. The van der Waals surface area contributed by atoms with Crippen LogP contribution in [0.15, 0.2) is 42.5 Å². The third-order valence-electron chi connectivity index (χ3n) is 5.14. The molecule has 0 saturated heterocycles. The molecule has 1 atom stereocenters. The number of Topliss-reactive ketones (excluding diaryl/α,β-unsaturated/α-hetero) is 1. The molecule has 0 aliphatic heterocycles. The van der Waals surface area contributed by atoms with E-state index in [4.69, 9.17) is 9.47 Å². The summed E-state index contributed by atoms with van der Waals surface area (Å²) in [6.45, 7) is 7.08. The van der Waals surface area contributed by atoms with E-state index in [2.05, 4.69) is 9.88 Å². The van der Waals surface area contributed by atoms with Crippen LogP contribution in [0.4, 0.5) is 0 Å². The van der Waals surface area contributed by atoms with Crippen LogP contribution in [-0.2, 0) is 6.54 Å². The van der Waals surface area contributed by atoms with Crippen LogP contribution >= 0.6 is 0 Å². The molecule has 0 unspecified atom stereocenters. The molecule has 0 spiro atoms. The van der Waals surface area contributed by atoms with Crippen LogP contribution in [0.2, 0.25) is 0 Å². The molecule has 3 aromatic rings. The van der Waals surface area contributed by atoms with Crippen molar-refractivity contribution < 1.29 is 14.3 Å². The summed E-state index contributed by atoms with van der Waals surface area (Å²) in [6.07, 6.45) is 0. The zero-order valence-corrected chi connectivity index (χ0v) is 17.2. The second kappa shape index (κ2) is 8.48. The Hall–Kier alpha value is -2.79. The summed E-state index contributed by atoms with van der Waals surface area (Å²) in [4.78, 5) is 18.6. The normalized spacial score (nSPS) is 12.4.